The molecular formula is C9H14O8. The van der Waals surface area contributed by atoms with Crippen LogP contribution in [0.4, 0.5) is 0 Å². The van der Waals surface area contributed by atoms with E-state index in [1.165, 1.54) is 0 Å². The first kappa shape index (κ1) is 15.7. The summed E-state index contributed by atoms with van der Waals surface area (Å²) in [6.07, 6.45) is -8.69. The van der Waals surface area contributed by atoms with Gasteiger partial charge >= 0.3 is 5.97 Å². The number of hydrogen-bond acceptors (Lipinski definition) is 8. The van der Waals surface area contributed by atoms with Crippen LogP contribution in [0, 0.1) is 0 Å². The normalized spacial score (nSPS) is 17.8. The Morgan fingerprint density at radius 3 is 1.71 bits per heavy atom. The largest absolute Gasteiger partial charge is 0.467 e. The highest BCUT2D eigenvalue weighted by atomic mass is 16.5. The summed E-state index contributed by atoms with van der Waals surface area (Å²) in [7, 11) is 0.932. The number of ketones is 2. The van der Waals surface area contributed by atoms with Gasteiger partial charge in [0, 0.05) is 6.92 Å². The summed E-state index contributed by atoms with van der Waals surface area (Å²) in [6, 6.07) is 0. The van der Waals surface area contributed by atoms with E-state index in [-0.39, 0.29) is 0 Å². The Bertz CT molecular complexity index is 312. The molecule has 0 rings (SSSR count). The molecule has 0 aromatic carbocycles. The van der Waals surface area contributed by atoms with Crippen LogP contribution in [-0.2, 0) is 19.1 Å². The average Bonchev–Trinajstić information content (AvgIpc) is 2.32. The van der Waals surface area contributed by atoms with E-state index >= 15 is 0 Å². The molecule has 98 valence electrons. The van der Waals surface area contributed by atoms with Crippen molar-refractivity contribution in [1.29, 1.82) is 0 Å². The maximum atomic E-state index is 11.0. The minimum atomic E-state index is -2.22. The fraction of sp³-hybridized carbons (Fsp3) is 0.667. The number of hydrogen-bond donors (Lipinski definition) is 4. The first-order valence-electron chi connectivity index (χ1n) is 4.58. The average molecular weight is 250 g/mol. The fourth-order valence-corrected chi connectivity index (χ4v) is 0.997. The summed E-state index contributed by atoms with van der Waals surface area (Å²) in [6.45, 7) is 0.862. The van der Waals surface area contributed by atoms with Gasteiger partial charge in [-0.15, -0.1) is 0 Å². The SMILES string of the molecule is COC(=O)[C@@H](O)[C@@H](O)[C@H](O)[C@@H](O)C(=O)C(C)=O. The first-order chi connectivity index (χ1) is 7.73. The lowest BCUT2D eigenvalue weighted by Crippen LogP contribution is -2.51. The van der Waals surface area contributed by atoms with Crippen LogP contribution in [0.25, 0.3) is 0 Å². The molecule has 0 aromatic heterocycles. The van der Waals surface area contributed by atoms with E-state index < -0.39 is 42.0 Å². The number of carbonyl (C=O) groups is 3. The van der Waals surface area contributed by atoms with E-state index in [0.717, 1.165) is 14.0 Å². The van der Waals surface area contributed by atoms with Gasteiger partial charge in [-0.2, -0.15) is 0 Å². The number of rotatable bonds is 6. The molecule has 0 spiro atoms. The molecule has 0 saturated carbocycles. The summed E-state index contributed by atoms with van der Waals surface area (Å²) in [5.74, 6) is -3.62. The maximum absolute atomic E-state index is 11.0. The standard InChI is InChI=1S/C9H14O8/c1-3(10)4(11)5(12)6(13)7(14)8(15)9(16)17-2/h5-8,12-15H,1-2H3/t5-,6+,7-,8-/m0/s1. The summed E-state index contributed by atoms with van der Waals surface area (Å²) >= 11 is 0. The van der Waals surface area contributed by atoms with Gasteiger partial charge in [0.05, 0.1) is 7.11 Å². The van der Waals surface area contributed by atoms with Crippen LogP contribution in [0.5, 0.6) is 0 Å². The van der Waals surface area contributed by atoms with Gasteiger partial charge in [-0.05, 0) is 0 Å². The van der Waals surface area contributed by atoms with Crippen LogP contribution >= 0.6 is 0 Å². The van der Waals surface area contributed by atoms with E-state index in [2.05, 4.69) is 4.74 Å². The molecule has 0 unspecified atom stereocenters. The molecule has 0 saturated heterocycles. The molecule has 0 aliphatic carbocycles. The van der Waals surface area contributed by atoms with Gasteiger partial charge in [0.15, 0.2) is 11.9 Å². The smallest absolute Gasteiger partial charge is 0.337 e. The van der Waals surface area contributed by atoms with E-state index in [1.54, 1.807) is 0 Å². The molecule has 0 fully saturated rings. The highest BCUT2D eigenvalue weighted by Crippen LogP contribution is 2.07. The summed E-state index contributed by atoms with van der Waals surface area (Å²) in [5, 5.41) is 36.9. The molecule has 0 aliphatic heterocycles. The molecule has 0 aromatic rings. The second kappa shape index (κ2) is 6.40. The lowest BCUT2D eigenvalue weighted by molar-refractivity contribution is -0.169. The van der Waals surface area contributed by atoms with Crippen molar-refractivity contribution in [3.05, 3.63) is 0 Å². The van der Waals surface area contributed by atoms with Crippen molar-refractivity contribution < 1.29 is 39.5 Å². The van der Waals surface area contributed by atoms with Crippen LogP contribution in [0.1, 0.15) is 6.92 Å². The second-order valence-corrected chi connectivity index (χ2v) is 3.31. The molecule has 8 nitrogen and oxygen atoms in total. The van der Waals surface area contributed by atoms with E-state index in [4.69, 9.17) is 5.11 Å². The number of carbonyl (C=O) groups excluding carboxylic acids is 3. The molecule has 17 heavy (non-hydrogen) atoms. The zero-order valence-corrected chi connectivity index (χ0v) is 9.23. The molecule has 0 heterocycles. The predicted octanol–water partition coefficient (Wildman–Crippen LogP) is -3.24. The molecule has 4 atom stereocenters. The van der Waals surface area contributed by atoms with Crippen molar-refractivity contribution in [3.8, 4) is 0 Å². The minimum Gasteiger partial charge on any atom is -0.467 e. The first-order valence-corrected chi connectivity index (χ1v) is 4.58. The van der Waals surface area contributed by atoms with E-state index in [0.29, 0.717) is 0 Å². The lowest BCUT2D eigenvalue weighted by Gasteiger charge is -2.23. The second-order valence-electron chi connectivity index (χ2n) is 3.31. The van der Waals surface area contributed by atoms with Crippen LogP contribution < -0.4 is 0 Å². The minimum absolute atomic E-state index is 0.862. The predicted molar refractivity (Wildman–Crippen MR) is 51.7 cm³/mol. The molecule has 0 amide bonds. The van der Waals surface area contributed by atoms with E-state index in [9.17, 15) is 29.7 Å². The van der Waals surface area contributed by atoms with Gasteiger partial charge in [-0.1, -0.05) is 0 Å². The topological polar surface area (TPSA) is 141 Å². The third kappa shape index (κ3) is 3.86. The Kier molecular flexibility index (Phi) is 5.89. The summed E-state index contributed by atoms with van der Waals surface area (Å²) in [4.78, 5) is 32.4. The third-order valence-electron chi connectivity index (χ3n) is 2.06. The molecule has 4 N–H and O–H groups in total. The Labute approximate surface area is 96.4 Å². The van der Waals surface area contributed by atoms with Crippen LogP contribution in [-0.4, -0.2) is 69.5 Å². The van der Waals surface area contributed by atoms with Gasteiger partial charge in [0.1, 0.15) is 18.3 Å². The van der Waals surface area contributed by atoms with Crippen LogP contribution in [0.2, 0.25) is 0 Å². The monoisotopic (exact) mass is 250 g/mol. The highest BCUT2D eigenvalue weighted by Gasteiger charge is 2.38. The quantitative estimate of drug-likeness (QED) is 0.284. The van der Waals surface area contributed by atoms with Crippen LogP contribution in [0.15, 0.2) is 0 Å². The molecule has 0 bridgehead atoms. The Hall–Kier alpha value is -1.35. The number of esters is 1. The van der Waals surface area contributed by atoms with Crippen molar-refractivity contribution in [2.75, 3.05) is 7.11 Å². The molecule has 8 heteroatoms. The maximum Gasteiger partial charge on any atom is 0.337 e. The van der Waals surface area contributed by atoms with Crippen molar-refractivity contribution in [2.24, 2.45) is 0 Å². The van der Waals surface area contributed by atoms with Crippen molar-refractivity contribution in [2.45, 2.75) is 31.3 Å². The van der Waals surface area contributed by atoms with Gasteiger partial charge < -0.3 is 25.2 Å². The number of methoxy groups -OCH3 is 1. The van der Waals surface area contributed by atoms with Crippen LogP contribution in [0.3, 0.4) is 0 Å². The molecular weight excluding hydrogens is 236 g/mol. The van der Waals surface area contributed by atoms with Crippen molar-refractivity contribution in [3.63, 3.8) is 0 Å². The number of Topliss-reactive ketones (excluding diaryl/α,β-unsaturated/α-hetero) is 2. The zero-order chi connectivity index (χ0) is 13.7. The highest BCUT2D eigenvalue weighted by molar-refractivity contribution is 6.38. The lowest BCUT2D eigenvalue weighted by atomic mass is 9.99. The van der Waals surface area contributed by atoms with Crippen molar-refractivity contribution in [1.82, 2.24) is 0 Å². The number of aliphatic hydroxyl groups is 4. The Morgan fingerprint density at radius 1 is 0.941 bits per heavy atom. The fourth-order valence-electron chi connectivity index (χ4n) is 0.997. The summed E-state index contributed by atoms with van der Waals surface area (Å²) < 4.78 is 4.08. The van der Waals surface area contributed by atoms with Gasteiger partial charge in [-0.25, -0.2) is 4.79 Å². The van der Waals surface area contributed by atoms with E-state index in [1.807, 2.05) is 0 Å². The van der Waals surface area contributed by atoms with Gasteiger partial charge in [-0.3, -0.25) is 9.59 Å². The number of ether oxygens (including phenoxy) is 1. The van der Waals surface area contributed by atoms with Crippen molar-refractivity contribution >= 4 is 17.5 Å². The zero-order valence-electron chi connectivity index (χ0n) is 9.23. The Morgan fingerprint density at radius 2 is 1.35 bits per heavy atom. The summed E-state index contributed by atoms with van der Waals surface area (Å²) in [5.41, 5.74) is 0. The Balaban J connectivity index is 4.69. The van der Waals surface area contributed by atoms with Gasteiger partial charge in [0.25, 0.3) is 0 Å². The van der Waals surface area contributed by atoms with Gasteiger partial charge in [0.2, 0.25) is 5.78 Å². The number of aliphatic hydroxyl groups excluding tert-OH is 4. The third-order valence-corrected chi connectivity index (χ3v) is 2.06. The molecule has 0 radical (unpaired) electrons. The molecule has 0 aliphatic rings.